The molecule has 0 aliphatic carbocycles. The van der Waals surface area contributed by atoms with E-state index in [0.717, 1.165) is 38.4 Å². The topological polar surface area (TPSA) is 60.4 Å². The zero-order valence-corrected chi connectivity index (χ0v) is 13.1. The van der Waals surface area contributed by atoms with Crippen molar-refractivity contribution in [3.63, 3.8) is 0 Å². The Balaban J connectivity index is 3.39. The van der Waals surface area contributed by atoms with E-state index in [4.69, 9.17) is 4.74 Å². The minimum atomic E-state index is -0.404. The molecule has 4 heteroatoms. The van der Waals surface area contributed by atoms with Crippen LogP contribution >= 0.6 is 0 Å². The summed E-state index contributed by atoms with van der Waals surface area (Å²) >= 11 is 0. The summed E-state index contributed by atoms with van der Waals surface area (Å²) in [5.74, 6) is 0.0346. The number of ketones is 1. The second-order valence-electron chi connectivity index (χ2n) is 6.10. The summed E-state index contributed by atoms with van der Waals surface area (Å²) in [4.78, 5) is 32.8. The third kappa shape index (κ3) is 13.2. The second kappa shape index (κ2) is 10.6. The van der Waals surface area contributed by atoms with E-state index in [1.165, 1.54) is 0 Å². The molecule has 0 aromatic rings. The molecule has 0 aliphatic heterocycles. The van der Waals surface area contributed by atoms with Gasteiger partial charge in [-0.3, -0.25) is 9.59 Å². The van der Waals surface area contributed by atoms with Gasteiger partial charge in [0.05, 0.1) is 0 Å². The fourth-order valence-corrected chi connectivity index (χ4v) is 1.86. The van der Waals surface area contributed by atoms with Crippen molar-refractivity contribution in [1.82, 2.24) is 0 Å². The van der Waals surface area contributed by atoms with Gasteiger partial charge in [-0.05, 0) is 33.6 Å². The van der Waals surface area contributed by atoms with E-state index in [1.807, 2.05) is 20.8 Å². The van der Waals surface area contributed by atoms with Crippen LogP contribution in [0, 0.1) is 0 Å². The van der Waals surface area contributed by atoms with Gasteiger partial charge in [-0.25, -0.2) is 0 Å². The quantitative estimate of drug-likeness (QED) is 0.330. The highest BCUT2D eigenvalue weighted by molar-refractivity contribution is 5.80. The van der Waals surface area contributed by atoms with Crippen LogP contribution in [-0.2, 0) is 19.1 Å². The van der Waals surface area contributed by atoms with Gasteiger partial charge in [0.15, 0.2) is 0 Å². The van der Waals surface area contributed by atoms with Crippen molar-refractivity contribution >= 4 is 18.0 Å². The molecule has 4 nitrogen and oxygen atoms in total. The Labute approximate surface area is 122 Å². The summed E-state index contributed by atoms with van der Waals surface area (Å²) in [6, 6.07) is 0. The van der Waals surface area contributed by atoms with Crippen molar-refractivity contribution in [3.8, 4) is 0 Å². The average Bonchev–Trinajstić information content (AvgIpc) is 2.33. The van der Waals surface area contributed by atoms with Crippen LogP contribution in [0.4, 0.5) is 0 Å². The van der Waals surface area contributed by atoms with Gasteiger partial charge >= 0.3 is 5.97 Å². The first-order valence-corrected chi connectivity index (χ1v) is 7.52. The summed E-state index contributed by atoms with van der Waals surface area (Å²) in [5.41, 5.74) is -0.404. The fourth-order valence-electron chi connectivity index (χ4n) is 1.86. The number of hydrogen-bond acceptors (Lipinski definition) is 4. The van der Waals surface area contributed by atoms with Crippen molar-refractivity contribution < 1.29 is 19.1 Å². The lowest BCUT2D eigenvalue weighted by molar-refractivity contribution is -0.154. The van der Waals surface area contributed by atoms with Crippen molar-refractivity contribution in [2.75, 3.05) is 0 Å². The van der Waals surface area contributed by atoms with Crippen LogP contribution < -0.4 is 0 Å². The first-order chi connectivity index (χ1) is 9.35. The van der Waals surface area contributed by atoms with Gasteiger partial charge in [-0.2, -0.15) is 0 Å². The van der Waals surface area contributed by atoms with E-state index in [1.54, 1.807) is 0 Å². The molecule has 0 bridgehead atoms. The van der Waals surface area contributed by atoms with Gasteiger partial charge < -0.3 is 9.53 Å². The minimum Gasteiger partial charge on any atom is -0.460 e. The molecule has 0 saturated carbocycles. The second-order valence-corrected chi connectivity index (χ2v) is 6.10. The van der Waals surface area contributed by atoms with E-state index < -0.39 is 5.60 Å². The predicted octanol–water partition coefficient (Wildman–Crippen LogP) is 3.61. The van der Waals surface area contributed by atoms with Crippen molar-refractivity contribution in [1.29, 1.82) is 0 Å². The Bertz CT molecular complexity index is 302. The molecule has 0 aromatic heterocycles. The zero-order valence-electron chi connectivity index (χ0n) is 13.1. The Morgan fingerprint density at radius 2 is 1.45 bits per heavy atom. The van der Waals surface area contributed by atoms with Gasteiger partial charge in [0.1, 0.15) is 17.7 Å². The lowest BCUT2D eigenvalue weighted by Crippen LogP contribution is -2.23. The zero-order chi connectivity index (χ0) is 15.4. The molecule has 0 fully saturated rings. The van der Waals surface area contributed by atoms with Crippen LogP contribution in [0.15, 0.2) is 0 Å². The summed E-state index contributed by atoms with van der Waals surface area (Å²) in [6.45, 7) is 5.60. The van der Waals surface area contributed by atoms with Gasteiger partial charge in [0.2, 0.25) is 0 Å². The Morgan fingerprint density at radius 1 is 0.900 bits per heavy atom. The number of carbonyl (C=O) groups excluding carboxylic acids is 3. The van der Waals surface area contributed by atoms with E-state index in [-0.39, 0.29) is 11.8 Å². The summed E-state index contributed by atoms with van der Waals surface area (Å²) in [5, 5.41) is 0. The highest BCUT2D eigenvalue weighted by Crippen LogP contribution is 2.12. The normalized spacial score (nSPS) is 11.2. The smallest absolute Gasteiger partial charge is 0.306 e. The van der Waals surface area contributed by atoms with Crippen LogP contribution in [0.5, 0.6) is 0 Å². The maximum atomic E-state index is 11.4. The molecular weight excluding hydrogens is 256 g/mol. The standard InChI is InChI=1S/C16H28O4/c1-16(2,3)20-15(19)12-8-6-4-5-7-10-14(18)11-9-13-17/h13H,4-12H2,1-3H3. The molecule has 0 unspecified atom stereocenters. The molecule has 20 heavy (non-hydrogen) atoms. The van der Waals surface area contributed by atoms with Crippen molar-refractivity contribution in [2.24, 2.45) is 0 Å². The number of rotatable bonds is 11. The maximum absolute atomic E-state index is 11.4. The molecule has 0 spiro atoms. The summed E-state index contributed by atoms with van der Waals surface area (Å²) in [6.07, 6.45) is 7.28. The highest BCUT2D eigenvalue weighted by Gasteiger charge is 2.15. The molecule has 0 heterocycles. The van der Waals surface area contributed by atoms with Crippen LogP contribution in [0.3, 0.4) is 0 Å². The molecule has 0 atom stereocenters. The average molecular weight is 284 g/mol. The Morgan fingerprint density at radius 3 is 2.00 bits per heavy atom. The number of hydrogen-bond donors (Lipinski definition) is 0. The highest BCUT2D eigenvalue weighted by atomic mass is 16.6. The van der Waals surface area contributed by atoms with Crippen molar-refractivity contribution in [2.45, 2.75) is 84.2 Å². The number of aldehydes is 1. The van der Waals surface area contributed by atoms with Crippen LogP contribution in [0.1, 0.15) is 78.6 Å². The lowest BCUT2D eigenvalue weighted by Gasteiger charge is -2.19. The lowest BCUT2D eigenvalue weighted by atomic mass is 10.1. The van der Waals surface area contributed by atoms with Crippen molar-refractivity contribution in [3.05, 3.63) is 0 Å². The number of carbonyl (C=O) groups is 3. The molecule has 116 valence electrons. The monoisotopic (exact) mass is 284 g/mol. The molecule has 0 aliphatic rings. The summed E-state index contributed by atoms with van der Waals surface area (Å²) < 4.78 is 5.22. The molecular formula is C16H28O4. The number of esters is 1. The largest absolute Gasteiger partial charge is 0.460 e. The Hall–Kier alpha value is -1.19. The number of unbranched alkanes of at least 4 members (excludes halogenated alkanes) is 4. The Kier molecular flexibility index (Phi) is 9.95. The van der Waals surface area contributed by atoms with Gasteiger partial charge in [-0.1, -0.05) is 19.3 Å². The molecule has 0 saturated heterocycles. The van der Waals surface area contributed by atoms with Crippen LogP contribution in [0.2, 0.25) is 0 Å². The van der Waals surface area contributed by atoms with E-state index >= 15 is 0 Å². The van der Waals surface area contributed by atoms with E-state index in [2.05, 4.69) is 0 Å². The van der Waals surface area contributed by atoms with Crippen LogP contribution in [-0.4, -0.2) is 23.6 Å². The molecule has 0 N–H and O–H groups in total. The first kappa shape index (κ1) is 18.8. The molecule has 0 rings (SSSR count). The SMILES string of the molecule is CC(C)(C)OC(=O)CCCCCCCC(=O)CCC=O. The van der Waals surface area contributed by atoms with Crippen LogP contribution in [0.25, 0.3) is 0 Å². The number of ether oxygens (including phenoxy) is 1. The maximum Gasteiger partial charge on any atom is 0.306 e. The van der Waals surface area contributed by atoms with Gasteiger partial charge in [-0.15, -0.1) is 0 Å². The van der Waals surface area contributed by atoms with Gasteiger partial charge in [0, 0.05) is 25.7 Å². The molecule has 0 radical (unpaired) electrons. The molecule has 0 aromatic carbocycles. The fraction of sp³-hybridized carbons (Fsp3) is 0.812. The summed E-state index contributed by atoms with van der Waals surface area (Å²) in [7, 11) is 0. The third-order valence-electron chi connectivity index (χ3n) is 2.80. The van der Waals surface area contributed by atoms with Gasteiger partial charge in [0.25, 0.3) is 0 Å². The minimum absolute atomic E-state index is 0.137. The van der Waals surface area contributed by atoms with E-state index in [0.29, 0.717) is 25.7 Å². The molecule has 0 amide bonds. The predicted molar refractivity (Wildman–Crippen MR) is 78.5 cm³/mol. The first-order valence-electron chi connectivity index (χ1n) is 7.52. The third-order valence-corrected chi connectivity index (χ3v) is 2.80. The van der Waals surface area contributed by atoms with E-state index in [9.17, 15) is 14.4 Å². The number of Topliss-reactive ketones (excluding diaryl/α,β-unsaturated/α-hetero) is 1.